The summed E-state index contributed by atoms with van der Waals surface area (Å²) in [6.45, 7) is 3.36. The second-order valence-electron chi connectivity index (χ2n) is 1.46. The van der Waals surface area contributed by atoms with Crippen molar-refractivity contribution in [1.29, 1.82) is 0 Å². The van der Waals surface area contributed by atoms with Crippen molar-refractivity contribution in [2.75, 3.05) is 33.1 Å². The third-order valence-corrected chi connectivity index (χ3v) is 0.744. The molecule has 0 radical (unpaired) electrons. The van der Waals surface area contributed by atoms with Crippen LogP contribution in [0.1, 0.15) is 0 Å². The molecule has 1 fully saturated rings. The van der Waals surface area contributed by atoms with Crippen molar-refractivity contribution in [1.82, 2.24) is 0 Å². The Kier molecular flexibility index (Phi) is 7.70. The highest BCUT2D eigenvalue weighted by molar-refractivity contribution is 4.37. The van der Waals surface area contributed by atoms with Crippen LogP contribution in [0.2, 0.25) is 0 Å². The predicted molar refractivity (Wildman–Crippen MR) is 34.9 cm³/mol. The summed E-state index contributed by atoms with van der Waals surface area (Å²) < 4.78 is 9.89. The van der Waals surface area contributed by atoms with Gasteiger partial charge in [-0.05, 0) is 0 Å². The first-order valence-electron chi connectivity index (χ1n) is 2.97. The Hall–Kier alpha value is -0.160. The summed E-state index contributed by atoms with van der Waals surface area (Å²) in [6.07, 6.45) is 0. The zero-order valence-electron chi connectivity index (χ0n) is 5.51. The minimum atomic E-state index is 0.250. The Morgan fingerprint density at radius 1 is 0.889 bits per heavy atom. The third kappa shape index (κ3) is 7.84. The molecule has 1 heterocycles. The maximum atomic E-state index is 4.94. The van der Waals surface area contributed by atoms with E-state index >= 15 is 0 Å². The summed E-state index contributed by atoms with van der Waals surface area (Å²) in [5, 5.41) is 0. The lowest BCUT2D eigenvalue weighted by Gasteiger charge is -2.09. The summed E-state index contributed by atoms with van der Waals surface area (Å²) >= 11 is 0. The largest absolute Gasteiger partial charge is 0.377 e. The Bertz CT molecular complexity index is 36.7. The molecule has 0 saturated carbocycles. The second kappa shape index (κ2) is 7.84. The Labute approximate surface area is 55.1 Å². The van der Waals surface area contributed by atoms with Gasteiger partial charge in [-0.1, -0.05) is 0 Å². The van der Waals surface area contributed by atoms with Crippen LogP contribution in [0.3, 0.4) is 0 Å². The third-order valence-electron chi connectivity index (χ3n) is 0.744. The maximum absolute atomic E-state index is 4.94. The lowest BCUT2D eigenvalue weighted by atomic mass is 10.6. The van der Waals surface area contributed by atoms with E-state index in [4.69, 9.17) is 9.47 Å². The summed E-state index contributed by atoms with van der Waals surface area (Å²) in [6, 6.07) is 0. The fourth-order valence-electron chi connectivity index (χ4n) is 0.440. The zero-order valence-corrected chi connectivity index (χ0v) is 5.51. The Balaban J connectivity index is 0.000000187. The van der Waals surface area contributed by atoms with Crippen LogP contribution in [0.25, 0.3) is 0 Å². The average molecular weight is 134 g/mol. The van der Waals surface area contributed by atoms with E-state index in [9.17, 15) is 0 Å². The second-order valence-corrected chi connectivity index (χ2v) is 1.46. The molecule has 0 atom stereocenters. The van der Waals surface area contributed by atoms with Gasteiger partial charge < -0.3 is 20.9 Å². The molecule has 0 spiro atoms. The fraction of sp³-hybridized carbons (Fsp3) is 1.00. The quantitative estimate of drug-likeness (QED) is 0.412. The first kappa shape index (κ1) is 8.84. The van der Waals surface area contributed by atoms with Gasteiger partial charge in [-0.3, -0.25) is 0 Å². The minimum Gasteiger partial charge on any atom is -0.377 e. The molecule has 4 nitrogen and oxygen atoms in total. The monoisotopic (exact) mass is 134 g/mol. The van der Waals surface area contributed by atoms with E-state index in [0.29, 0.717) is 0 Å². The van der Waals surface area contributed by atoms with Crippen LogP contribution in [-0.4, -0.2) is 33.1 Å². The van der Waals surface area contributed by atoms with E-state index < -0.39 is 0 Å². The highest BCUT2D eigenvalue weighted by Gasteiger charge is 1.94. The topological polar surface area (TPSA) is 70.5 Å². The van der Waals surface area contributed by atoms with Gasteiger partial charge in [-0.2, -0.15) is 0 Å². The van der Waals surface area contributed by atoms with Crippen molar-refractivity contribution in [3.05, 3.63) is 0 Å². The predicted octanol–water partition coefficient (Wildman–Crippen LogP) is -1.11. The Morgan fingerprint density at radius 2 is 1.11 bits per heavy atom. The summed E-state index contributed by atoms with van der Waals surface area (Å²) in [7, 11) is 0. The average Bonchev–Trinajstić information content (AvgIpc) is 1.93. The van der Waals surface area contributed by atoms with Gasteiger partial charge in [0.2, 0.25) is 0 Å². The number of rotatable bonds is 0. The molecule has 0 aromatic rings. The summed E-state index contributed by atoms with van der Waals surface area (Å²) in [4.78, 5) is 0. The lowest BCUT2D eigenvalue weighted by molar-refractivity contribution is -0.0334. The molecule has 9 heavy (non-hydrogen) atoms. The molecule has 1 rings (SSSR count). The first-order chi connectivity index (χ1) is 4.41. The molecular formula is C5H14N2O2. The van der Waals surface area contributed by atoms with Gasteiger partial charge in [0, 0.05) is 6.67 Å². The molecule has 0 bridgehead atoms. The fourth-order valence-corrected chi connectivity index (χ4v) is 0.440. The smallest absolute Gasteiger partial charge is 0.0701 e. The maximum Gasteiger partial charge on any atom is 0.0701 e. The molecule has 4 heteroatoms. The molecule has 1 aliphatic rings. The van der Waals surface area contributed by atoms with Gasteiger partial charge in [0.15, 0.2) is 0 Å². The van der Waals surface area contributed by atoms with Gasteiger partial charge in [0.05, 0.1) is 26.4 Å². The summed E-state index contributed by atoms with van der Waals surface area (Å²) in [5.74, 6) is 0. The number of ether oxygens (including phenoxy) is 2. The molecule has 0 aromatic heterocycles. The molecular weight excluding hydrogens is 120 g/mol. The van der Waals surface area contributed by atoms with Crippen molar-refractivity contribution >= 4 is 0 Å². The molecule has 0 aromatic carbocycles. The molecule has 0 unspecified atom stereocenters. The number of nitrogens with two attached hydrogens (primary N) is 2. The number of hydrogen-bond donors (Lipinski definition) is 2. The minimum absolute atomic E-state index is 0.250. The van der Waals surface area contributed by atoms with Gasteiger partial charge >= 0.3 is 0 Å². The van der Waals surface area contributed by atoms with Crippen LogP contribution in [0.4, 0.5) is 0 Å². The van der Waals surface area contributed by atoms with Crippen LogP contribution in [-0.2, 0) is 9.47 Å². The van der Waals surface area contributed by atoms with Crippen LogP contribution >= 0.6 is 0 Å². The molecule has 1 saturated heterocycles. The Morgan fingerprint density at radius 3 is 1.22 bits per heavy atom. The molecule has 56 valence electrons. The van der Waals surface area contributed by atoms with Crippen molar-refractivity contribution in [2.24, 2.45) is 11.5 Å². The van der Waals surface area contributed by atoms with Gasteiger partial charge in [-0.15, -0.1) is 0 Å². The van der Waals surface area contributed by atoms with Crippen LogP contribution in [0.5, 0.6) is 0 Å². The van der Waals surface area contributed by atoms with E-state index in [1.807, 2.05) is 0 Å². The van der Waals surface area contributed by atoms with E-state index in [0.717, 1.165) is 26.4 Å². The highest BCUT2D eigenvalue weighted by Crippen LogP contribution is 1.85. The molecule has 1 aliphatic heterocycles. The van der Waals surface area contributed by atoms with Crippen LogP contribution in [0.15, 0.2) is 0 Å². The highest BCUT2D eigenvalue weighted by atomic mass is 16.6. The molecule has 4 N–H and O–H groups in total. The summed E-state index contributed by atoms with van der Waals surface area (Å²) in [5.41, 5.74) is 9.25. The SMILES string of the molecule is C1COCCO1.NCN. The van der Waals surface area contributed by atoms with Crippen molar-refractivity contribution in [3.63, 3.8) is 0 Å². The van der Waals surface area contributed by atoms with E-state index in [1.165, 1.54) is 0 Å². The van der Waals surface area contributed by atoms with Gasteiger partial charge in [0.1, 0.15) is 0 Å². The normalized spacial score (nSPS) is 18.0. The lowest BCUT2D eigenvalue weighted by Crippen LogP contribution is -2.16. The standard InChI is InChI=1S/C4H8O2.CH6N2/c1-2-6-4-3-5-1;2-1-3/h1-4H2;1-3H2. The van der Waals surface area contributed by atoms with Crippen LogP contribution < -0.4 is 11.5 Å². The van der Waals surface area contributed by atoms with Gasteiger partial charge in [0.25, 0.3) is 0 Å². The van der Waals surface area contributed by atoms with E-state index in [1.54, 1.807) is 0 Å². The van der Waals surface area contributed by atoms with Crippen molar-refractivity contribution in [3.8, 4) is 0 Å². The van der Waals surface area contributed by atoms with Crippen LogP contribution in [0, 0.1) is 0 Å². The van der Waals surface area contributed by atoms with E-state index in [-0.39, 0.29) is 6.67 Å². The zero-order chi connectivity index (χ0) is 6.95. The van der Waals surface area contributed by atoms with Crippen molar-refractivity contribution < 1.29 is 9.47 Å². The molecule has 0 aliphatic carbocycles. The van der Waals surface area contributed by atoms with Crippen molar-refractivity contribution in [2.45, 2.75) is 0 Å². The number of hydrogen-bond acceptors (Lipinski definition) is 4. The first-order valence-corrected chi connectivity index (χ1v) is 2.97. The molecule has 0 amide bonds. The van der Waals surface area contributed by atoms with E-state index in [2.05, 4.69) is 11.5 Å². The van der Waals surface area contributed by atoms with Gasteiger partial charge in [-0.25, -0.2) is 0 Å².